The molecular formula is C26H30FN5O3S. The Bertz CT molecular complexity index is 1300. The molecule has 8 nitrogen and oxygen atoms in total. The third-order valence-electron chi connectivity index (χ3n) is 7.23. The predicted molar refractivity (Wildman–Crippen MR) is 136 cm³/mol. The maximum absolute atomic E-state index is 14.0. The van der Waals surface area contributed by atoms with Crippen LogP contribution in [0, 0.1) is 18.7 Å². The minimum Gasteiger partial charge on any atom is -0.361 e. The van der Waals surface area contributed by atoms with Gasteiger partial charge in [0.05, 0.1) is 16.6 Å². The first-order chi connectivity index (χ1) is 17.3. The Labute approximate surface area is 213 Å². The highest BCUT2D eigenvalue weighted by molar-refractivity contribution is 7.19. The molecule has 1 saturated carbocycles. The van der Waals surface area contributed by atoms with Crippen LogP contribution in [0.5, 0.6) is 0 Å². The molecule has 190 valence electrons. The number of anilines is 1. The summed E-state index contributed by atoms with van der Waals surface area (Å²) < 4.78 is 19.3. The van der Waals surface area contributed by atoms with Gasteiger partial charge in [-0.2, -0.15) is 0 Å². The van der Waals surface area contributed by atoms with E-state index in [1.54, 1.807) is 19.1 Å². The van der Waals surface area contributed by atoms with E-state index in [2.05, 4.69) is 15.5 Å². The molecule has 0 radical (unpaired) electrons. The van der Waals surface area contributed by atoms with Crippen LogP contribution in [-0.4, -0.2) is 59.6 Å². The maximum Gasteiger partial charge on any atom is 0.274 e. The van der Waals surface area contributed by atoms with E-state index in [1.807, 2.05) is 30.8 Å². The largest absolute Gasteiger partial charge is 0.361 e. The predicted octanol–water partition coefficient (Wildman–Crippen LogP) is 4.30. The van der Waals surface area contributed by atoms with E-state index in [0.717, 1.165) is 19.3 Å². The molecule has 1 aromatic carbocycles. The number of rotatable bonds is 7. The molecule has 1 aliphatic carbocycles. The van der Waals surface area contributed by atoms with E-state index in [0.29, 0.717) is 57.2 Å². The van der Waals surface area contributed by atoms with Crippen molar-refractivity contribution in [2.75, 3.05) is 25.5 Å². The van der Waals surface area contributed by atoms with Gasteiger partial charge >= 0.3 is 0 Å². The summed E-state index contributed by atoms with van der Waals surface area (Å²) in [4.78, 5) is 36.1. The van der Waals surface area contributed by atoms with Crippen molar-refractivity contribution in [1.82, 2.24) is 20.4 Å². The van der Waals surface area contributed by atoms with Crippen LogP contribution < -0.4 is 10.2 Å². The number of carbonyl (C=O) groups is 2. The third kappa shape index (κ3) is 4.27. The first-order valence-electron chi connectivity index (χ1n) is 12.3. The van der Waals surface area contributed by atoms with E-state index in [-0.39, 0.29) is 29.7 Å². The summed E-state index contributed by atoms with van der Waals surface area (Å²) in [7, 11) is 3.74. The van der Waals surface area contributed by atoms with Crippen molar-refractivity contribution in [2.45, 2.75) is 51.6 Å². The van der Waals surface area contributed by atoms with Gasteiger partial charge in [0.15, 0.2) is 5.13 Å². The summed E-state index contributed by atoms with van der Waals surface area (Å²) in [6, 6.07) is 6.24. The lowest BCUT2D eigenvalue weighted by molar-refractivity contribution is 0.0577. The number of fused-ring (bicyclic) bond motifs is 2. The number of hydrogen-bond donors (Lipinski definition) is 1. The highest BCUT2D eigenvalue weighted by atomic mass is 32.1. The molecule has 1 saturated heterocycles. The SMILES string of the molecule is CCc1noc(C)c1C(=O)NC[C@@H]1[C@H]2CC[C@H](C2)N1C(=O)c1nc(N(C)C)sc1-c1cccc(F)c1. The molecule has 2 aliphatic rings. The molecular weight excluding hydrogens is 481 g/mol. The smallest absolute Gasteiger partial charge is 0.274 e. The number of nitrogens with one attached hydrogen (secondary N) is 1. The second-order valence-corrected chi connectivity index (χ2v) is 10.7. The van der Waals surface area contributed by atoms with Gasteiger partial charge in [-0.1, -0.05) is 35.5 Å². The van der Waals surface area contributed by atoms with Crippen LogP contribution in [0.25, 0.3) is 10.4 Å². The number of hydrogen-bond acceptors (Lipinski definition) is 7. The van der Waals surface area contributed by atoms with Crippen molar-refractivity contribution in [2.24, 2.45) is 5.92 Å². The van der Waals surface area contributed by atoms with E-state index < -0.39 is 0 Å². The lowest BCUT2D eigenvalue weighted by Crippen LogP contribution is -2.50. The number of benzene rings is 1. The molecule has 2 aromatic heterocycles. The zero-order chi connectivity index (χ0) is 25.6. The Kier molecular flexibility index (Phi) is 6.55. The van der Waals surface area contributed by atoms with Gasteiger partial charge < -0.3 is 19.6 Å². The minimum absolute atomic E-state index is 0.109. The van der Waals surface area contributed by atoms with E-state index >= 15 is 0 Å². The second-order valence-electron chi connectivity index (χ2n) is 9.71. The molecule has 2 bridgehead atoms. The van der Waals surface area contributed by atoms with Crippen LogP contribution in [0.2, 0.25) is 0 Å². The minimum atomic E-state index is -0.359. The Morgan fingerprint density at radius 2 is 2.11 bits per heavy atom. The van der Waals surface area contributed by atoms with Crippen LogP contribution in [0.4, 0.5) is 9.52 Å². The van der Waals surface area contributed by atoms with Gasteiger partial charge in [-0.05, 0) is 56.2 Å². The summed E-state index contributed by atoms with van der Waals surface area (Å²) in [6.45, 7) is 4.00. The van der Waals surface area contributed by atoms with Crippen LogP contribution in [-0.2, 0) is 6.42 Å². The third-order valence-corrected chi connectivity index (χ3v) is 8.50. The number of aryl methyl sites for hydroxylation is 2. The van der Waals surface area contributed by atoms with Crippen LogP contribution in [0.1, 0.15) is 58.5 Å². The van der Waals surface area contributed by atoms with Gasteiger partial charge in [0.1, 0.15) is 22.8 Å². The molecule has 2 fully saturated rings. The Morgan fingerprint density at radius 3 is 2.83 bits per heavy atom. The molecule has 0 unspecified atom stereocenters. The maximum atomic E-state index is 14.0. The van der Waals surface area contributed by atoms with Gasteiger partial charge in [0.25, 0.3) is 11.8 Å². The number of nitrogens with zero attached hydrogens (tertiary/aromatic N) is 4. The molecule has 1 N–H and O–H groups in total. The topological polar surface area (TPSA) is 91.6 Å². The fraction of sp³-hybridized carbons (Fsp3) is 0.462. The molecule has 1 aliphatic heterocycles. The van der Waals surface area contributed by atoms with Gasteiger partial charge in [-0.3, -0.25) is 9.59 Å². The fourth-order valence-electron chi connectivity index (χ4n) is 5.50. The lowest BCUT2D eigenvalue weighted by Gasteiger charge is -2.35. The number of halogens is 1. The molecule has 2 amide bonds. The Balaban J connectivity index is 1.43. The van der Waals surface area contributed by atoms with Crippen LogP contribution >= 0.6 is 11.3 Å². The molecule has 3 heterocycles. The summed E-state index contributed by atoms with van der Waals surface area (Å²) in [5, 5.41) is 7.69. The van der Waals surface area contributed by atoms with Crippen LogP contribution in [0.3, 0.4) is 0 Å². The number of likely N-dealkylation sites (tertiary alicyclic amines) is 1. The quantitative estimate of drug-likeness (QED) is 0.509. The second kappa shape index (κ2) is 9.65. The molecule has 3 aromatic rings. The van der Waals surface area contributed by atoms with E-state index in [1.165, 1.54) is 23.5 Å². The Morgan fingerprint density at radius 1 is 1.31 bits per heavy atom. The summed E-state index contributed by atoms with van der Waals surface area (Å²) in [5.74, 6) is 0.0499. The average molecular weight is 512 g/mol. The van der Waals surface area contributed by atoms with E-state index in [4.69, 9.17) is 4.52 Å². The molecule has 5 rings (SSSR count). The van der Waals surface area contributed by atoms with Crippen molar-refractivity contribution in [1.29, 1.82) is 0 Å². The zero-order valence-electron chi connectivity index (χ0n) is 20.9. The van der Waals surface area contributed by atoms with Gasteiger partial charge in [0, 0.05) is 26.7 Å². The van der Waals surface area contributed by atoms with Crippen molar-refractivity contribution in [3.05, 3.63) is 52.8 Å². The summed E-state index contributed by atoms with van der Waals surface area (Å²) in [5.41, 5.74) is 2.07. The Hall–Kier alpha value is -3.27. The van der Waals surface area contributed by atoms with Crippen LogP contribution in [0.15, 0.2) is 28.8 Å². The molecule has 3 atom stereocenters. The summed E-state index contributed by atoms with van der Waals surface area (Å²) >= 11 is 1.37. The molecule has 0 spiro atoms. The van der Waals surface area contributed by atoms with Crippen molar-refractivity contribution >= 4 is 28.3 Å². The lowest BCUT2D eigenvalue weighted by atomic mass is 9.97. The van der Waals surface area contributed by atoms with Crippen molar-refractivity contribution < 1.29 is 18.5 Å². The number of amides is 2. The summed E-state index contributed by atoms with van der Waals surface area (Å²) in [6.07, 6.45) is 3.47. The monoisotopic (exact) mass is 511 g/mol. The number of carbonyl (C=O) groups excluding carboxylic acids is 2. The highest BCUT2D eigenvalue weighted by Gasteiger charge is 2.49. The first-order valence-corrected chi connectivity index (χ1v) is 13.1. The van der Waals surface area contributed by atoms with Gasteiger partial charge in [-0.25, -0.2) is 9.37 Å². The average Bonchev–Trinajstić information content (AvgIpc) is 3.64. The normalized spacial score (nSPS) is 20.7. The number of piperidine rings is 1. The van der Waals surface area contributed by atoms with Gasteiger partial charge in [-0.15, -0.1) is 0 Å². The van der Waals surface area contributed by atoms with Crippen molar-refractivity contribution in [3.63, 3.8) is 0 Å². The van der Waals surface area contributed by atoms with Crippen molar-refractivity contribution in [3.8, 4) is 10.4 Å². The zero-order valence-corrected chi connectivity index (χ0v) is 21.7. The fourth-order valence-corrected chi connectivity index (χ4v) is 6.48. The molecule has 10 heteroatoms. The molecule has 36 heavy (non-hydrogen) atoms. The van der Waals surface area contributed by atoms with Gasteiger partial charge in [0.2, 0.25) is 0 Å². The number of aromatic nitrogens is 2. The first kappa shape index (κ1) is 24.4. The number of thiazole rings is 1. The standard InChI is InChI=1S/C26H30FN5O3S/c1-5-19-21(14(2)35-30-19)24(33)28-13-20-15-9-10-18(12-15)32(20)25(34)22-23(36-26(29-22)31(3)4)16-7-6-8-17(27)11-16/h6-8,11,15,18,20H,5,9-10,12-13H2,1-4H3,(H,28,33)/t15-,18+,20+/m0/s1. The van der Waals surface area contributed by atoms with E-state index in [9.17, 15) is 14.0 Å². The highest BCUT2D eigenvalue weighted by Crippen LogP contribution is 2.44.